The number of carbonyl (C=O) groups excluding carboxylic acids is 2. The van der Waals surface area contributed by atoms with E-state index in [0.717, 1.165) is 42.5 Å². The van der Waals surface area contributed by atoms with Crippen molar-refractivity contribution in [3.8, 4) is 0 Å². The first-order valence-electron chi connectivity index (χ1n) is 10.2. The van der Waals surface area contributed by atoms with Gasteiger partial charge in [-0.1, -0.05) is 54.1 Å². The smallest absolute Gasteiger partial charge is 0.338 e. The molecule has 2 amide bonds. The number of carbonyl (C=O) groups is 2. The van der Waals surface area contributed by atoms with Crippen LogP contribution in [0.3, 0.4) is 0 Å². The lowest BCUT2D eigenvalue weighted by molar-refractivity contribution is -0.136. The number of halogens is 1. The largest absolute Gasteiger partial charge is 0.466 e. The number of piperazine rings is 1. The second-order valence-electron chi connectivity index (χ2n) is 7.54. The molecule has 4 rings (SSSR count). The maximum absolute atomic E-state index is 12.7. The van der Waals surface area contributed by atoms with E-state index in [1.807, 2.05) is 54.6 Å². The van der Waals surface area contributed by atoms with Crippen molar-refractivity contribution in [2.75, 3.05) is 44.7 Å². The summed E-state index contributed by atoms with van der Waals surface area (Å²) < 4.78 is 5.05. The molecular formula is C23H25ClN4O3. The molecular weight excluding hydrogens is 416 g/mol. The molecule has 2 N–H and O–H groups in total. The van der Waals surface area contributed by atoms with Gasteiger partial charge < -0.3 is 20.3 Å². The number of hydrogen-bond donors (Lipinski definition) is 2. The van der Waals surface area contributed by atoms with Gasteiger partial charge in [-0.3, -0.25) is 4.90 Å². The highest BCUT2D eigenvalue weighted by atomic mass is 35.5. The van der Waals surface area contributed by atoms with Crippen molar-refractivity contribution in [1.82, 2.24) is 15.5 Å². The summed E-state index contributed by atoms with van der Waals surface area (Å²) in [6.07, 6.45) is 0. The van der Waals surface area contributed by atoms with Gasteiger partial charge >= 0.3 is 12.0 Å². The van der Waals surface area contributed by atoms with E-state index in [9.17, 15) is 9.59 Å². The maximum Gasteiger partial charge on any atom is 0.338 e. The quantitative estimate of drug-likeness (QED) is 0.699. The zero-order valence-electron chi connectivity index (χ0n) is 17.3. The first kappa shape index (κ1) is 21.2. The van der Waals surface area contributed by atoms with Crippen LogP contribution >= 0.6 is 11.6 Å². The van der Waals surface area contributed by atoms with Crippen molar-refractivity contribution >= 4 is 29.3 Å². The van der Waals surface area contributed by atoms with Gasteiger partial charge in [-0.05, 0) is 17.7 Å². The van der Waals surface area contributed by atoms with Gasteiger partial charge in [-0.15, -0.1) is 0 Å². The average Bonchev–Trinajstić information content (AvgIpc) is 2.80. The fraction of sp³-hybridized carbons (Fsp3) is 0.304. The van der Waals surface area contributed by atoms with Gasteiger partial charge in [0.05, 0.1) is 29.4 Å². The molecule has 2 aromatic carbocycles. The van der Waals surface area contributed by atoms with Crippen LogP contribution in [0, 0.1) is 0 Å². The highest BCUT2D eigenvalue weighted by Crippen LogP contribution is 2.29. The van der Waals surface area contributed by atoms with Crippen LogP contribution in [-0.2, 0) is 9.53 Å². The standard InChI is InChI=1S/C23H25ClN4O3/c1-31-22(29)20-18(25-23(30)26-21(20)16-7-3-2-4-8-16)15-27-11-13-28(14-12-27)19-10-6-5-9-17(19)24/h2-10,21H,11-15H2,1H3,(H2,25,26,30)/t21-/m0/s1. The van der Waals surface area contributed by atoms with Crippen molar-refractivity contribution in [1.29, 1.82) is 0 Å². The Labute approximate surface area is 186 Å². The second-order valence-corrected chi connectivity index (χ2v) is 7.95. The summed E-state index contributed by atoms with van der Waals surface area (Å²) in [6, 6.07) is 16.4. The number of ether oxygens (including phenoxy) is 1. The molecule has 2 aromatic rings. The molecule has 0 unspecified atom stereocenters. The summed E-state index contributed by atoms with van der Waals surface area (Å²) in [4.78, 5) is 29.5. The van der Waals surface area contributed by atoms with E-state index in [4.69, 9.17) is 16.3 Å². The Balaban J connectivity index is 1.54. The van der Waals surface area contributed by atoms with Gasteiger partial charge in [0, 0.05) is 38.4 Å². The Hall–Kier alpha value is -3.03. The Kier molecular flexibility index (Phi) is 6.44. The molecule has 1 atom stereocenters. The lowest BCUT2D eigenvalue weighted by Gasteiger charge is -2.38. The van der Waals surface area contributed by atoms with Crippen LogP contribution in [0.2, 0.25) is 5.02 Å². The third-order valence-corrected chi connectivity index (χ3v) is 5.96. The normalized spacial score (nSPS) is 19.6. The number of esters is 1. The first-order chi connectivity index (χ1) is 15.1. The number of para-hydroxylation sites is 1. The van der Waals surface area contributed by atoms with E-state index in [1.165, 1.54) is 7.11 Å². The minimum atomic E-state index is -0.554. The number of benzene rings is 2. The van der Waals surface area contributed by atoms with Crippen molar-refractivity contribution in [3.05, 3.63) is 76.5 Å². The minimum absolute atomic E-state index is 0.328. The Morgan fingerprint density at radius 2 is 1.74 bits per heavy atom. The van der Waals surface area contributed by atoms with Crippen molar-refractivity contribution in [3.63, 3.8) is 0 Å². The SMILES string of the molecule is COC(=O)C1=C(CN2CCN(c3ccccc3Cl)CC2)NC(=O)N[C@H]1c1ccccc1. The van der Waals surface area contributed by atoms with Gasteiger partial charge in [0.25, 0.3) is 0 Å². The van der Waals surface area contributed by atoms with E-state index in [1.54, 1.807) is 0 Å². The van der Waals surface area contributed by atoms with Crippen molar-refractivity contribution in [2.45, 2.75) is 6.04 Å². The molecule has 1 fully saturated rings. The third kappa shape index (κ3) is 4.68. The van der Waals surface area contributed by atoms with Crippen LogP contribution in [0.1, 0.15) is 11.6 Å². The van der Waals surface area contributed by atoms with Crippen LogP contribution in [-0.4, -0.2) is 56.7 Å². The molecule has 1 saturated heterocycles. The topological polar surface area (TPSA) is 73.9 Å². The Morgan fingerprint density at radius 3 is 2.42 bits per heavy atom. The molecule has 0 aliphatic carbocycles. The van der Waals surface area contributed by atoms with E-state index in [0.29, 0.717) is 17.8 Å². The summed E-state index contributed by atoms with van der Waals surface area (Å²) in [6.45, 7) is 3.63. The summed E-state index contributed by atoms with van der Waals surface area (Å²) in [5, 5.41) is 6.42. The molecule has 2 aliphatic heterocycles. The van der Waals surface area contributed by atoms with Gasteiger partial charge in [-0.2, -0.15) is 0 Å². The highest BCUT2D eigenvalue weighted by Gasteiger charge is 2.34. The van der Waals surface area contributed by atoms with E-state index >= 15 is 0 Å². The third-order valence-electron chi connectivity index (χ3n) is 5.64. The Morgan fingerprint density at radius 1 is 1.06 bits per heavy atom. The first-order valence-corrected chi connectivity index (χ1v) is 10.6. The second kappa shape index (κ2) is 9.41. The van der Waals surface area contributed by atoms with Crippen LogP contribution in [0.4, 0.5) is 10.5 Å². The number of rotatable bonds is 5. The fourth-order valence-corrected chi connectivity index (χ4v) is 4.32. The fourth-order valence-electron chi connectivity index (χ4n) is 4.07. The number of amides is 2. The zero-order chi connectivity index (χ0) is 21.8. The Bertz CT molecular complexity index is 987. The molecule has 8 heteroatoms. The minimum Gasteiger partial charge on any atom is -0.466 e. The number of methoxy groups -OCH3 is 1. The van der Waals surface area contributed by atoms with Gasteiger partial charge in [0.1, 0.15) is 0 Å². The summed E-state index contributed by atoms with van der Waals surface area (Å²) in [5.41, 5.74) is 2.87. The lowest BCUT2D eigenvalue weighted by atomic mass is 9.95. The highest BCUT2D eigenvalue weighted by molar-refractivity contribution is 6.33. The molecule has 2 heterocycles. The average molecular weight is 441 g/mol. The summed E-state index contributed by atoms with van der Waals surface area (Å²) in [5.74, 6) is -0.453. The van der Waals surface area contributed by atoms with Crippen LogP contribution in [0.5, 0.6) is 0 Å². The van der Waals surface area contributed by atoms with Crippen LogP contribution < -0.4 is 15.5 Å². The maximum atomic E-state index is 12.7. The zero-order valence-corrected chi connectivity index (χ0v) is 18.1. The summed E-state index contributed by atoms with van der Waals surface area (Å²) >= 11 is 6.34. The number of anilines is 1. The molecule has 0 spiro atoms. The van der Waals surface area contributed by atoms with Gasteiger partial charge in [0.2, 0.25) is 0 Å². The number of nitrogens with one attached hydrogen (secondary N) is 2. The number of nitrogens with zero attached hydrogens (tertiary/aromatic N) is 2. The predicted octanol–water partition coefficient (Wildman–Crippen LogP) is 2.94. The van der Waals surface area contributed by atoms with Crippen LogP contribution in [0.15, 0.2) is 65.9 Å². The van der Waals surface area contributed by atoms with Gasteiger partial charge in [-0.25, -0.2) is 9.59 Å². The monoisotopic (exact) mass is 440 g/mol. The van der Waals surface area contributed by atoms with Crippen LogP contribution in [0.25, 0.3) is 0 Å². The number of hydrogen-bond acceptors (Lipinski definition) is 5. The molecule has 0 aromatic heterocycles. The lowest BCUT2D eigenvalue weighted by Crippen LogP contribution is -2.51. The molecule has 2 aliphatic rings. The molecule has 0 bridgehead atoms. The number of urea groups is 1. The summed E-state index contributed by atoms with van der Waals surface area (Å²) in [7, 11) is 1.35. The van der Waals surface area contributed by atoms with Crippen molar-refractivity contribution < 1.29 is 14.3 Å². The molecule has 162 valence electrons. The molecule has 31 heavy (non-hydrogen) atoms. The molecule has 0 radical (unpaired) electrons. The van der Waals surface area contributed by atoms with E-state index < -0.39 is 12.0 Å². The molecule has 0 saturated carbocycles. The van der Waals surface area contributed by atoms with Gasteiger partial charge in [0.15, 0.2) is 0 Å². The molecule has 7 nitrogen and oxygen atoms in total. The van der Waals surface area contributed by atoms with E-state index in [2.05, 4.69) is 20.4 Å². The predicted molar refractivity (Wildman–Crippen MR) is 120 cm³/mol. The van der Waals surface area contributed by atoms with Crippen molar-refractivity contribution in [2.24, 2.45) is 0 Å². The van der Waals surface area contributed by atoms with E-state index in [-0.39, 0.29) is 6.03 Å².